The lowest BCUT2D eigenvalue weighted by Gasteiger charge is -2.25. The third-order valence-electron chi connectivity index (χ3n) is 4.60. The van der Waals surface area contributed by atoms with Crippen LogP contribution < -0.4 is 14.4 Å². The molecule has 0 unspecified atom stereocenters. The van der Waals surface area contributed by atoms with Gasteiger partial charge >= 0.3 is 5.97 Å². The van der Waals surface area contributed by atoms with Gasteiger partial charge in [-0.25, -0.2) is 0 Å². The molecule has 0 radical (unpaired) electrons. The molecule has 0 aliphatic heterocycles. The van der Waals surface area contributed by atoms with Gasteiger partial charge in [0.2, 0.25) is 5.91 Å². The standard InChI is InChI=1S/C23H30N2O5/c1-5-30-23(27)17-25(19-9-7-6-8-10-19)22(26)16-24(2)14-13-18-11-12-20(28-3)21(15-18)29-4/h6-12,15H,5,13-14,16-17H2,1-4H3. The second-order valence-electron chi connectivity index (χ2n) is 6.80. The first-order chi connectivity index (χ1) is 14.5. The maximum atomic E-state index is 12.9. The summed E-state index contributed by atoms with van der Waals surface area (Å²) in [5.41, 5.74) is 1.75. The molecule has 0 fully saturated rings. The average molecular weight is 415 g/mol. The predicted octanol–water partition coefficient (Wildman–Crippen LogP) is 2.77. The number of carbonyl (C=O) groups is 2. The van der Waals surface area contributed by atoms with E-state index in [-0.39, 0.29) is 25.6 Å². The van der Waals surface area contributed by atoms with Crippen molar-refractivity contribution in [3.05, 3.63) is 54.1 Å². The first-order valence-electron chi connectivity index (χ1n) is 9.89. The van der Waals surface area contributed by atoms with E-state index in [1.807, 2.05) is 48.3 Å². The molecule has 0 N–H and O–H groups in total. The number of rotatable bonds is 11. The summed E-state index contributed by atoms with van der Waals surface area (Å²) in [4.78, 5) is 28.3. The van der Waals surface area contributed by atoms with Gasteiger partial charge in [0.05, 0.1) is 27.4 Å². The second kappa shape index (κ2) is 11.8. The zero-order valence-electron chi connectivity index (χ0n) is 18.1. The molecule has 0 bridgehead atoms. The molecule has 2 aromatic rings. The summed E-state index contributed by atoms with van der Waals surface area (Å²) in [5, 5.41) is 0. The van der Waals surface area contributed by atoms with Gasteiger partial charge < -0.3 is 19.1 Å². The molecule has 30 heavy (non-hydrogen) atoms. The van der Waals surface area contributed by atoms with Crippen LogP contribution in [-0.2, 0) is 20.7 Å². The smallest absolute Gasteiger partial charge is 0.326 e. The van der Waals surface area contributed by atoms with Crippen molar-refractivity contribution < 1.29 is 23.8 Å². The van der Waals surface area contributed by atoms with Gasteiger partial charge in [-0.15, -0.1) is 0 Å². The van der Waals surface area contributed by atoms with Crippen LogP contribution in [0, 0.1) is 0 Å². The summed E-state index contributed by atoms with van der Waals surface area (Å²) in [7, 11) is 5.09. The molecule has 0 heterocycles. The van der Waals surface area contributed by atoms with Crippen LogP contribution in [0.4, 0.5) is 5.69 Å². The number of anilines is 1. The number of hydrogen-bond acceptors (Lipinski definition) is 6. The molecule has 7 heteroatoms. The Morgan fingerprint density at radius 3 is 2.27 bits per heavy atom. The first-order valence-corrected chi connectivity index (χ1v) is 9.89. The van der Waals surface area contributed by atoms with Gasteiger partial charge in [0.25, 0.3) is 0 Å². The normalized spacial score (nSPS) is 10.6. The number of ether oxygens (including phenoxy) is 3. The average Bonchev–Trinajstić information content (AvgIpc) is 2.76. The summed E-state index contributed by atoms with van der Waals surface area (Å²) in [6.07, 6.45) is 0.743. The first kappa shape index (κ1) is 23.2. The van der Waals surface area contributed by atoms with E-state index in [2.05, 4.69) is 0 Å². The van der Waals surface area contributed by atoms with Crippen molar-refractivity contribution in [2.24, 2.45) is 0 Å². The lowest BCUT2D eigenvalue weighted by atomic mass is 10.1. The number of hydrogen-bond donors (Lipinski definition) is 0. The second-order valence-corrected chi connectivity index (χ2v) is 6.80. The molecular formula is C23H30N2O5. The Balaban J connectivity index is 1.99. The van der Waals surface area contributed by atoms with Crippen molar-refractivity contribution in [1.82, 2.24) is 4.90 Å². The molecule has 1 amide bonds. The quantitative estimate of drug-likeness (QED) is 0.527. The number of para-hydroxylation sites is 1. The SMILES string of the molecule is CCOC(=O)CN(C(=O)CN(C)CCc1ccc(OC)c(OC)c1)c1ccccc1. The Hall–Kier alpha value is -3.06. The third-order valence-corrected chi connectivity index (χ3v) is 4.60. The molecule has 2 aromatic carbocycles. The topological polar surface area (TPSA) is 68.3 Å². The van der Waals surface area contributed by atoms with Gasteiger partial charge in [0.15, 0.2) is 11.5 Å². The molecule has 0 aliphatic rings. The fourth-order valence-electron chi connectivity index (χ4n) is 3.02. The van der Waals surface area contributed by atoms with E-state index in [9.17, 15) is 9.59 Å². The molecule has 7 nitrogen and oxygen atoms in total. The number of amides is 1. The van der Waals surface area contributed by atoms with Crippen molar-refractivity contribution in [1.29, 1.82) is 0 Å². The third kappa shape index (κ3) is 6.77. The molecule has 0 atom stereocenters. The minimum atomic E-state index is -0.428. The van der Waals surface area contributed by atoms with E-state index in [4.69, 9.17) is 14.2 Å². The number of esters is 1. The van der Waals surface area contributed by atoms with Crippen LogP contribution in [0.1, 0.15) is 12.5 Å². The Bertz CT molecular complexity index is 826. The summed E-state index contributed by atoms with van der Waals surface area (Å²) in [5.74, 6) is 0.771. The van der Waals surface area contributed by atoms with Gasteiger partial charge in [0.1, 0.15) is 6.54 Å². The van der Waals surface area contributed by atoms with Crippen LogP contribution in [0.2, 0.25) is 0 Å². The van der Waals surface area contributed by atoms with Crippen LogP contribution >= 0.6 is 0 Å². The van der Waals surface area contributed by atoms with Crippen molar-refractivity contribution >= 4 is 17.6 Å². The van der Waals surface area contributed by atoms with E-state index < -0.39 is 5.97 Å². The molecule has 0 saturated heterocycles. The Morgan fingerprint density at radius 2 is 1.63 bits per heavy atom. The summed E-state index contributed by atoms with van der Waals surface area (Å²) in [6.45, 7) is 2.76. The lowest BCUT2D eigenvalue weighted by Crippen LogP contribution is -2.42. The number of nitrogens with zero attached hydrogens (tertiary/aromatic N) is 2. The summed E-state index contributed by atoms with van der Waals surface area (Å²) in [6, 6.07) is 14.9. The van der Waals surface area contributed by atoms with Crippen molar-refractivity contribution in [2.75, 3.05) is 52.4 Å². The number of methoxy groups -OCH3 is 2. The van der Waals surface area contributed by atoms with Crippen molar-refractivity contribution in [2.45, 2.75) is 13.3 Å². The molecule has 0 spiro atoms. The molecule has 162 valence electrons. The molecule has 0 aliphatic carbocycles. The maximum Gasteiger partial charge on any atom is 0.326 e. The fraction of sp³-hybridized carbons (Fsp3) is 0.391. The Kier molecular flexibility index (Phi) is 9.15. The zero-order valence-corrected chi connectivity index (χ0v) is 18.1. The van der Waals surface area contributed by atoms with E-state index in [1.165, 1.54) is 4.90 Å². The van der Waals surface area contributed by atoms with Gasteiger partial charge in [-0.3, -0.25) is 14.5 Å². The van der Waals surface area contributed by atoms with Crippen LogP contribution in [0.3, 0.4) is 0 Å². The molecule has 2 rings (SSSR count). The highest BCUT2D eigenvalue weighted by molar-refractivity contribution is 5.98. The van der Waals surface area contributed by atoms with Gasteiger partial charge in [-0.2, -0.15) is 0 Å². The monoisotopic (exact) mass is 414 g/mol. The summed E-state index contributed by atoms with van der Waals surface area (Å²) < 4.78 is 15.6. The Labute approximate surface area is 178 Å². The minimum Gasteiger partial charge on any atom is -0.493 e. The van der Waals surface area contributed by atoms with E-state index in [1.54, 1.807) is 33.3 Å². The van der Waals surface area contributed by atoms with E-state index in [0.717, 1.165) is 12.0 Å². The van der Waals surface area contributed by atoms with E-state index in [0.29, 0.717) is 23.7 Å². The number of benzene rings is 2. The van der Waals surface area contributed by atoms with Crippen LogP contribution in [-0.4, -0.2) is 64.3 Å². The van der Waals surface area contributed by atoms with Gasteiger partial charge in [-0.05, 0) is 50.2 Å². The number of likely N-dealkylation sites (N-methyl/N-ethyl adjacent to an activating group) is 1. The Morgan fingerprint density at radius 1 is 0.933 bits per heavy atom. The van der Waals surface area contributed by atoms with Crippen LogP contribution in [0.15, 0.2) is 48.5 Å². The van der Waals surface area contributed by atoms with Gasteiger partial charge in [-0.1, -0.05) is 24.3 Å². The largest absolute Gasteiger partial charge is 0.493 e. The molecule has 0 aromatic heterocycles. The predicted molar refractivity (Wildman–Crippen MR) is 116 cm³/mol. The molecular weight excluding hydrogens is 384 g/mol. The lowest BCUT2D eigenvalue weighted by molar-refractivity contribution is -0.142. The highest BCUT2D eigenvalue weighted by Crippen LogP contribution is 2.27. The van der Waals surface area contributed by atoms with E-state index >= 15 is 0 Å². The van der Waals surface area contributed by atoms with Crippen molar-refractivity contribution in [3.63, 3.8) is 0 Å². The minimum absolute atomic E-state index is 0.111. The highest BCUT2D eigenvalue weighted by Gasteiger charge is 2.21. The van der Waals surface area contributed by atoms with Crippen LogP contribution in [0.5, 0.6) is 11.5 Å². The highest BCUT2D eigenvalue weighted by atomic mass is 16.5. The maximum absolute atomic E-state index is 12.9. The number of carbonyl (C=O) groups excluding carboxylic acids is 2. The van der Waals surface area contributed by atoms with Crippen molar-refractivity contribution in [3.8, 4) is 11.5 Å². The fourth-order valence-corrected chi connectivity index (χ4v) is 3.02. The van der Waals surface area contributed by atoms with Crippen LogP contribution in [0.25, 0.3) is 0 Å². The zero-order chi connectivity index (χ0) is 21.9. The van der Waals surface area contributed by atoms with Gasteiger partial charge in [0, 0.05) is 12.2 Å². The summed E-state index contributed by atoms with van der Waals surface area (Å²) >= 11 is 0. The molecule has 0 saturated carbocycles.